The zero-order valence-electron chi connectivity index (χ0n) is 13.4. The molecule has 0 saturated heterocycles. The number of amides is 1. The van der Waals surface area contributed by atoms with Crippen molar-refractivity contribution in [1.29, 1.82) is 0 Å². The maximum atomic E-state index is 12.2. The average Bonchev–Trinajstić information content (AvgIpc) is 3.01. The van der Waals surface area contributed by atoms with Crippen LogP contribution in [-0.4, -0.2) is 25.0 Å². The van der Waals surface area contributed by atoms with Crippen LogP contribution >= 0.6 is 0 Å². The van der Waals surface area contributed by atoms with Crippen LogP contribution in [-0.2, 0) is 13.6 Å². The lowest BCUT2D eigenvalue weighted by Crippen LogP contribution is -2.25. The number of pyridine rings is 2. The second-order valence-corrected chi connectivity index (χ2v) is 5.41. The minimum atomic E-state index is -0.287. The van der Waals surface area contributed by atoms with Crippen molar-refractivity contribution in [3.05, 3.63) is 76.4 Å². The van der Waals surface area contributed by atoms with Gasteiger partial charge in [0.05, 0.1) is 0 Å². The summed E-state index contributed by atoms with van der Waals surface area (Å²) in [5.74, 6) is 1.29. The standard InChI is InChI=1S/C17H17N5O2/c1-12-18-6-8-22(12)15-9-13(3-5-19-15)11-20-17(24)14-4-7-21(2)16(23)10-14/h3-10H,11H2,1-2H3,(H,20,24). The number of hydrogen-bond donors (Lipinski definition) is 1. The molecule has 0 radical (unpaired) electrons. The minimum absolute atomic E-state index is 0.218. The first kappa shape index (κ1) is 15.7. The van der Waals surface area contributed by atoms with Gasteiger partial charge in [-0.05, 0) is 30.7 Å². The van der Waals surface area contributed by atoms with Crippen LogP contribution in [0.15, 0.2) is 53.8 Å². The quantitative estimate of drug-likeness (QED) is 0.782. The van der Waals surface area contributed by atoms with Gasteiger partial charge < -0.3 is 9.88 Å². The molecule has 122 valence electrons. The SMILES string of the molecule is Cc1nccn1-c1cc(CNC(=O)c2ccn(C)c(=O)c2)ccn1. The molecule has 0 bridgehead atoms. The summed E-state index contributed by atoms with van der Waals surface area (Å²) in [5.41, 5.74) is 1.03. The van der Waals surface area contributed by atoms with Crippen molar-refractivity contribution >= 4 is 5.91 Å². The van der Waals surface area contributed by atoms with Crippen molar-refractivity contribution in [1.82, 2.24) is 24.4 Å². The summed E-state index contributed by atoms with van der Waals surface area (Å²) in [5, 5.41) is 2.81. The van der Waals surface area contributed by atoms with E-state index in [0.29, 0.717) is 12.1 Å². The predicted molar refractivity (Wildman–Crippen MR) is 88.9 cm³/mol. The third-order valence-corrected chi connectivity index (χ3v) is 3.70. The number of carbonyl (C=O) groups is 1. The van der Waals surface area contributed by atoms with E-state index in [-0.39, 0.29) is 11.5 Å². The molecule has 0 saturated carbocycles. The molecule has 1 N–H and O–H groups in total. The molecule has 1 amide bonds. The van der Waals surface area contributed by atoms with Crippen LogP contribution in [0.4, 0.5) is 0 Å². The van der Waals surface area contributed by atoms with E-state index in [2.05, 4.69) is 15.3 Å². The average molecular weight is 323 g/mol. The van der Waals surface area contributed by atoms with Crippen molar-refractivity contribution in [2.24, 2.45) is 7.05 Å². The third kappa shape index (κ3) is 3.24. The highest BCUT2D eigenvalue weighted by Crippen LogP contribution is 2.09. The van der Waals surface area contributed by atoms with Crippen LogP contribution in [0.5, 0.6) is 0 Å². The molecule has 3 rings (SSSR count). The fraction of sp³-hybridized carbons (Fsp3) is 0.176. The normalized spacial score (nSPS) is 10.6. The molecule has 0 atom stereocenters. The monoisotopic (exact) mass is 323 g/mol. The fourth-order valence-electron chi connectivity index (χ4n) is 2.30. The highest BCUT2D eigenvalue weighted by atomic mass is 16.2. The molecule has 3 heterocycles. The van der Waals surface area contributed by atoms with Crippen LogP contribution in [0.25, 0.3) is 5.82 Å². The van der Waals surface area contributed by atoms with Crippen molar-refractivity contribution in [2.45, 2.75) is 13.5 Å². The van der Waals surface area contributed by atoms with Crippen molar-refractivity contribution in [3.63, 3.8) is 0 Å². The van der Waals surface area contributed by atoms with E-state index in [1.165, 1.54) is 10.6 Å². The first-order chi connectivity index (χ1) is 11.5. The predicted octanol–water partition coefficient (Wildman–Crippen LogP) is 1.20. The molecule has 0 fully saturated rings. The smallest absolute Gasteiger partial charge is 0.251 e. The summed E-state index contributed by atoms with van der Waals surface area (Å²) in [7, 11) is 1.64. The van der Waals surface area contributed by atoms with Crippen LogP contribution in [0.2, 0.25) is 0 Å². The van der Waals surface area contributed by atoms with Gasteiger partial charge in [-0.1, -0.05) is 0 Å². The van der Waals surface area contributed by atoms with Gasteiger partial charge in [-0.2, -0.15) is 0 Å². The highest BCUT2D eigenvalue weighted by Gasteiger charge is 2.08. The Kier molecular flexibility index (Phi) is 4.24. The number of imidazole rings is 1. The van der Waals surface area contributed by atoms with Crippen LogP contribution < -0.4 is 10.9 Å². The molecular weight excluding hydrogens is 306 g/mol. The molecule has 0 unspecified atom stereocenters. The van der Waals surface area contributed by atoms with Gasteiger partial charge in [0.15, 0.2) is 0 Å². The summed E-state index contributed by atoms with van der Waals surface area (Å²) >= 11 is 0. The van der Waals surface area contributed by atoms with Gasteiger partial charge in [0.25, 0.3) is 11.5 Å². The van der Waals surface area contributed by atoms with Gasteiger partial charge in [0.1, 0.15) is 11.6 Å². The van der Waals surface area contributed by atoms with Crippen molar-refractivity contribution in [3.8, 4) is 5.82 Å². The summed E-state index contributed by atoms with van der Waals surface area (Å²) in [6, 6.07) is 6.66. The summed E-state index contributed by atoms with van der Waals surface area (Å²) < 4.78 is 3.28. The number of carbonyl (C=O) groups excluding carboxylic acids is 1. The number of aromatic nitrogens is 4. The van der Waals surface area contributed by atoms with Gasteiger partial charge in [0.2, 0.25) is 0 Å². The second kappa shape index (κ2) is 6.49. The first-order valence-corrected chi connectivity index (χ1v) is 7.45. The van der Waals surface area contributed by atoms with Gasteiger partial charge in [0, 0.05) is 50.0 Å². The topological polar surface area (TPSA) is 81.8 Å². The van der Waals surface area contributed by atoms with Gasteiger partial charge in [-0.15, -0.1) is 0 Å². The van der Waals surface area contributed by atoms with E-state index in [0.717, 1.165) is 17.2 Å². The fourth-order valence-corrected chi connectivity index (χ4v) is 2.30. The van der Waals surface area contributed by atoms with Gasteiger partial charge in [-0.3, -0.25) is 14.2 Å². The molecule has 0 aliphatic carbocycles. The first-order valence-electron chi connectivity index (χ1n) is 7.45. The number of nitrogens with one attached hydrogen (secondary N) is 1. The lowest BCUT2D eigenvalue weighted by molar-refractivity contribution is 0.0950. The molecule has 24 heavy (non-hydrogen) atoms. The zero-order chi connectivity index (χ0) is 17.1. The Morgan fingerprint density at radius 2 is 2.00 bits per heavy atom. The Hall–Kier alpha value is -3.22. The Morgan fingerprint density at radius 1 is 1.17 bits per heavy atom. The summed E-state index contributed by atoms with van der Waals surface area (Å²) in [4.78, 5) is 32.2. The molecule has 0 aliphatic heterocycles. The number of aryl methyl sites for hydroxylation is 2. The lowest BCUT2D eigenvalue weighted by atomic mass is 10.2. The Morgan fingerprint density at radius 3 is 2.71 bits per heavy atom. The van der Waals surface area contributed by atoms with Crippen LogP contribution in [0.3, 0.4) is 0 Å². The van der Waals surface area contributed by atoms with Crippen LogP contribution in [0.1, 0.15) is 21.7 Å². The molecule has 0 aliphatic rings. The highest BCUT2D eigenvalue weighted by molar-refractivity contribution is 5.93. The van der Waals surface area contributed by atoms with E-state index in [1.807, 2.05) is 29.8 Å². The van der Waals surface area contributed by atoms with Crippen molar-refractivity contribution < 1.29 is 4.79 Å². The molecule has 7 heteroatoms. The maximum absolute atomic E-state index is 12.2. The van der Waals surface area contributed by atoms with Gasteiger partial charge >= 0.3 is 0 Å². The largest absolute Gasteiger partial charge is 0.348 e. The summed E-state index contributed by atoms with van der Waals surface area (Å²) in [6.45, 7) is 2.24. The molecule has 0 spiro atoms. The van der Waals surface area contributed by atoms with Gasteiger partial charge in [-0.25, -0.2) is 9.97 Å². The van der Waals surface area contributed by atoms with Crippen LogP contribution in [0, 0.1) is 6.92 Å². The maximum Gasteiger partial charge on any atom is 0.251 e. The molecule has 3 aromatic rings. The molecule has 3 aromatic heterocycles. The second-order valence-electron chi connectivity index (χ2n) is 5.41. The minimum Gasteiger partial charge on any atom is -0.348 e. The molecule has 7 nitrogen and oxygen atoms in total. The van der Waals surface area contributed by atoms with E-state index < -0.39 is 0 Å². The zero-order valence-corrected chi connectivity index (χ0v) is 13.4. The van der Waals surface area contributed by atoms with E-state index in [4.69, 9.17) is 0 Å². The summed E-state index contributed by atoms with van der Waals surface area (Å²) in [6.07, 6.45) is 6.80. The van der Waals surface area contributed by atoms with E-state index >= 15 is 0 Å². The van der Waals surface area contributed by atoms with E-state index in [9.17, 15) is 9.59 Å². The Balaban J connectivity index is 1.73. The third-order valence-electron chi connectivity index (χ3n) is 3.70. The van der Waals surface area contributed by atoms with Crippen molar-refractivity contribution in [2.75, 3.05) is 0 Å². The Bertz CT molecular complexity index is 942. The van der Waals surface area contributed by atoms with E-state index in [1.54, 1.807) is 31.7 Å². The lowest BCUT2D eigenvalue weighted by Gasteiger charge is -2.08. The number of hydrogen-bond acceptors (Lipinski definition) is 4. The number of nitrogens with zero attached hydrogens (tertiary/aromatic N) is 4. The molecule has 0 aromatic carbocycles. The molecular formula is C17H17N5O2. The Labute approximate surface area is 138 Å². The number of rotatable bonds is 4.